The Morgan fingerprint density at radius 2 is 2.40 bits per heavy atom. The molecule has 0 spiro atoms. The molecule has 0 N–H and O–H groups in total. The molecule has 2 unspecified atom stereocenters. The van der Waals surface area contributed by atoms with Gasteiger partial charge in [-0.05, 0) is 24.5 Å². The fraction of sp³-hybridized carbons (Fsp3) is 0.250. The van der Waals surface area contributed by atoms with Crippen molar-refractivity contribution in [3.05, 3.63) is 41.9 Å². The number of fused-ring (bicyclic) bond motifs is 1. The number of rotatable bonds is 2. The minimum Gasteiger partial charge on any atom is -0.289 e. The first-order chi connectivity index (χ1) is 7.36. The van der Waals surface area contributed by atoms with Crippen LogP contribution in [-0.4, -0.2) is 17.0 Å². The molecular weight excluding hydrogens is 188 g/mol. The number of ketones is 1. The fourth-order valence-electron chi connectivity index (χ4n) is 1.96. The second-order valence-electron chi connectivity index (χ2n) is 3.96. The number of nitrogens with zero attached hydrogens (tertiary/aromatic N) is 2. The van der Waals surface area contributed by atoms with Crippen molar-refractivity contribution in [2.24, 2.45) is 16.8 Å². The number of aliphatic imine (C=N–C) groups is 1. The molecule has 1 aliphatic heterocycles. The quantitative estimate of drug-likeness (QED) is 0.681. The van der Waals surface area contributed by atoms with Crippen molar-refractivity contribution in [1.29, 1.82) is 0 Å². The van der Waals surface area contributed by atoms with E-state index in [1.807, 2.05) is 6.21 Å². The number of Topliss-reactive ketones (excluding diaryl/α,β-unsaturated/α-hetero) is 1. The standard InChI is InChI=1S/C12H10N2O/c15-12(8-2-1-3-13-5-8)11-7-14-6-9-4-10(9)11/h1-3,5-7,9-10H,4H2. The summed E-state index contributed by atoms with van der Waals surface area (Å²) in [5.74, 6) is 0.994. The molecule has 2 atom stereocenters. The summed E-state index contributed by atoms with van der Waals surface area (Å²) in [4.78, 5) is 20.1. The molecule has 0 radical (unpaired) electrons. The number of hydrogen-bond acceptors (Lipinski definition) is 3. The van der Waals surface area contributed by atoms with E-state index in [0.717, 1.165) is 12.0 Å². The lowest BCUT2D eigenvalue weighted by molar-refractivity contribution is 0.102. The highest BCUT2D eigenvalue weighted by Crippen LogP contribution is 2.45. The van der Waals surface area contributed by atoms with Crippen LogP contribution in [0.15, 0.2) is 41.3 Å². The van der Waals surface area contributed by atoms with Crippen LogP contribution in [-0.2, 0) is 0 Å². The Morgan fingerprint density at radius 1 is 1.47 bits per heavy atom. The monoisotopic (exact) mass is 198 g/mol. The lowest BCUT2D eigenvalue weighted by Crippen LogP contribution is -2.08. The first-order valence-corrected chi connectivity index (χ1v) is 5.04. The van der Waals surface area contributed by atoms with Gasteiger partial charge in [-0.25, -0.2) is 0 Å². The summed E-state index contributed by atoms with van der Waals surface area (Å²) in [7, 11) is 0. The Morgan fingerprint density at radius 3 is 3.20 bits per heavy atom. The average molecular weight is 198 g/mol. The molecule has 3 nitrogen and oxygen atoms in total. The van der Waals surface area contributed by atoms with Crippen LogP contribution in [0.25, 0.3) is 0 Å². The zero-order chi connectivity index (χ0) is 10.3. The molecule has 15 heavy (non-hydrogen) atoms. The predicted molar refractivity (Wildman–Crippen MR) is 56.7 cm³/mol. The van der Waals surface area contributed by atoms with Crippen molar-refractivity contribution in [2.45, 2.75) is 6.42 Å². The van der Waals surface area contributed by atoms with Gasteiger partial charge < -0.3 is 0 Å². The summed E-state index contributed by atoms with van der Waals surface area (Å²) in [6, 6.07) is 3.58. The summed E-state index contributed by atoms with van der Waals surface area (Å²) in [6.07, 6.45) is 7.98. The van der Waals surface area contributed by atoms with E-state index < -0.39 is 0 Å². The lowest BCUT2D eigenvalue weighted by atomic mass is 10.00. The maximum atomic E-state index is 12.1. The smallest absolute Gasteiger partial charge is 0.192 e. The molecular formula is C12H10N2O. The normalized spacial score (nSPS) is 26.8. The number of allylic oxidation sites excluding steroid dienone is 1. The minimum atomic E-state index is 0.0763. The number of carbonyl (C=O) groups is 1. The van der Waals surface area contributed by atoms with Crippen molar-refractivity contribution in [1.82, 2.24) is 4.98 Å². The van der Waals surface area contributed by atoms with Crippen LogP contribution in [0.2, 0.25) is 0 Å². The highest BCUT2D eigenvalue weighted by molar-refractivity contribution is 6.10. The summed E-state index contributed by atoms with van der Waals surface area (Å²) in [5, 5.41) is 0. The fourth-order valence-corrected chi connectivity index (χ4v) is 1.96. The van der Waals surface area contributed by atoms with Crippen LogP contribution >= 0.6 is 0 Å². The molecule has 0 bridgehead atoms. The Balaban J connectivity index is 1.92. The Bertz CT molecular complexity index is 462. The van der Waals surface area contributed by atoms with E-state index >= 15 is 0 Å². The van der Waals surface area contributed by atoms with Gasteiger partial charge in [-0.2, -0.15) is 0 Å². The van der Waals surface area contributed by atoms with E-state index in [1.54, 1.807) is 30.7 Å². The van der Waals surface area contributed by atoms with Crippen molar-refractivity contribution < 1.29 is 4.79 Å². The van der Waals surface area contributed by atoms with Crippen LogP contribution in [0, 0.1) is 11.8 Å². The van der Waals surface area contributed by atoms with E-state index in [0.29, 0.717) is 17.4 Å². The second-order valence-corrected chi connectivity index (χ2v) is 3.96. The van der Waals surface area contributed by atoms with Gasteiger partial charge in [-0.1, -0.05) is 0 Å². The van der Waals surface area contributed by atoms with E-state index in [1.165, 1.54) is 0 Å². The summed E-state index contributed by atoms with van der Waals surface area (Å²) >= 11 is 0. The molecule has 3 rings (SSSR count). The Labute approximate surface area is 87.6 Å². The van der Waals surface area contributed by atoms with Crippen LogP contribution in [0.4, 0.5) is 0 Å². The second kappa shape index (κ2) is 3.12. The molecule has 2 aliphatic rings. The zero-order valence-corrected chi connectivity index (χ0v) is 8.13. The molecule has 74 valence electrons. The molecule has 0 saturated heterocycles. The predicted octanol–water partition coefficient (Wildman–Crippen LogP) is 1.87. The van der Waals surface area contributed by atoms with Gasteiger partial charge in [-0.3, -0.25) is 14.8 Å². The lowest BCUT2D eigenvalue weighted by Gasteiger charge is -2.06. The van der Waals surface area contributed by atoms with Crippen molar-refractivity contribution >= 4 is 12.0 Å². The minimum absolute atomic E-state index is 0.0763. The van der Waals surface area contributed by atoms with Crippen LogP contribution in [0.1, 0.15) is 16.8 Å². The van der Waals surface area contributed by atoms with Gasteiger partial charge in [0.05, 0.1) is 0 Å². The molecule has 1 saturated carbocycles. The topological polar surface area (TPSA) is 42.3 Å². The first kappa shape index (κ1) is 8.53. The molecule has 0 aromatic carbocycles. The molecule has 1 aromatic heterocycles. The third-order valence-electron chi connectivity index (χ3n) is 2.92. The average Bonchev–Trinajstić information content (AvgIpc) is 3.08. The van der Waals surface area contributed by atoms with E-state index in [4.69, 9.17) is 0 Å². The Kier molecular flexibility index (Phi) is 1.78. The molecule has 1 aliphatic carbocycles. The largest absolute Gasteiger partial charge is 0.289 e. The van der Waals surface area contributed by atoms with Crippen molar-refractivity contribution in [3.63, 3.8) is 0 Å². The summed E-state index contributed by atoms with van der Waals surface area (Å²) in [5.41, 5.74) is 1.50. The SMILES string of the molecule is O=C(C1=CN=CC2CC12)c1cccnc1. The number of pyridine rings is 1. The Hall–Kier alpha value is -1.77. The van der Waals surface area contributed by atoms with Crippen molar-refractivity contribution in [2.75, 3.05) is 0 Å². The summed E-state index contributed by atoms with van der Waals surface area (Å²) < 4.78 is 0. The van der Waals surface area contributed by atoms with Crippen LogP contribution in [0.3, 0.4) is 0 Å². The molecule has 2 heterocycles. The molecule has 0 amide bonds. The van der Waals surface area contributed by atoms with E-state index in [-0.39, 0.29) is 5.78 Å². The molecule has 1 fully saturated rings. The van der Waals surface area contributed by atoms with Gasteiger partial charge in [0.2, 0.25) is 0 Å². The highest BCUT2D eigenvalue weighted by Gasteiger charge is 2.42. The maximum Gasteiger partial charge on any atom is 0.192 e. The first-order valence-electron chi connectivity index (χ1n) is 5.04. The van der Waals surface area contributed by atoms with Gasteiger partial charge in [0, 0.05) is 41.9 Å². The number of carbonyl (C=O) groups excluding carboxylic acids is 1. The third-order valence-corrected chi connectivity index (χ3v) is 2.92. The van der Waals surface area contributed by atoms with Gasteiger partial charge in [0.15, 0.2) is 5.78 Å². The summed E-state index contributed by atoms with van der Waals surface area (Å²) in [6.45, 7) is 0. The number of hydrogen-bond donors (Lipinski definition) is 0. The van der Waals surface area contributed by atoms with Gasteiger partial charge >= 0.3 is 0 Å². The molecule has 1 aromatic rings. The van der Waals surface area contributed by atoms with E-state index in [2.05, 4.69) is 9.98 Å². The van der Waals surface area contributed by atoms with Crippen molar-refractivity contribution in [3.8, 4) is 0 Å². The van der Waals surface area contributed by atoms with Gasteiger partial charge in [0.1, 0.15) is 0 Å². The maximum absolute atomic E-state index is 12.1. The molecule has 3 heteroatoms. The van der Waals surface area contributed by atoms with Gasteiger partial charge in [-0.15, -0.1) is 0 Å². The van der Waals surface area contributed by atoms with E-state index in [9.17, 15) is 4.79 Å². The number of aromatic nitrogens is 1. The van der Waals surface area contributed by atoms with Crippen LogP contribution in [0.5, 0.6) is 0 Å². The zero-order valence-electron chi connectivity index (χ0n) is 8.13. The van der Waals surface area contributed by atoms with Gasteiger partial charge in [0.25, 0.3) is 0 Å². The van der Waals surface area contributed by atoms with Crippen LogP contribution < -0.4 is 0 Å². The highest BCUT2D eigenvalue weighted by atomic mass is 16.1. The third kappa shape index (κ3) is 1.40.